The van der Waals surface area contributed by atoms with Crippen LogP contribution in [0.15, 0.2) is 30.3 Å². The molecular formula is C19H28O2. The topological polar surface area (TPSA) is 26.3 Å². The van der Waals surface area contributed by atoms with Crippen LogP contribution in [0.4, 0.5) is 0 Å². The Morgan fingerprint density at radius 3 is 2.57 bits per heavy atom. The van der Waals surface area contributed by atoms with E-state index in [1.807, 2.05) is 6.92 Å². The zero-order valence-corrected chi connectivity index (χ0v) is 13.2. The highest BCUT2D eigenvalue weighted by atomic mass is 16.5. The molecule has 1 saturated carbocycles. The second-order valence-electron chi connectivity index (χ2n) is 6.19. The van der Waals surface area contributed by atoms with Crippen LogP contribution in [0, 0.1) is 11.8 Å². The standard InChI is InChI=1S/C19H28O2/c1-2-21-19(20)15-18(17-11-7-4-8-12-17)14-13-16-9-5-3-6-10-16/h3,5-6,9-10,17-18H,2,4,7-8,11-15H2,1H3. The minimum absolute atomic E-state index is 0.0128. The number of hydrogen-bond acceptors (Lipinski definition) is 2. The normalized spacial score (nSPS) is 17.4. The molecule has 0 saturated heterocycles. The van der Waals surface area contributed by atoms with Gasteiger partial charge >= 0.3 is 5.97 Å². The van der Waals surface area contributed by atoms with Gasteiger partial charge in [-0.15, -0.1) is 0 Å². The van der Waals surface area contributed by atoms with Crippen LogP contribution in [0.3, 0.4) is 0 Å². The van der Waals surface area contributed by atoms with E-state index in [9.17, 15) is 4.79 Å². The first-order chi connectivity index (χ1) is 10.3. The second kappa shape index (κ2) is 8.86. The predicted octanol–water partition coefficient (Wildman–Crippen LogP) is 4.77. The average molecular weight is 288 g/mol. The molecule has 0 N–H and O–H groups in total. The first-order valence-electron chi connectivity index (χ1n) is 8.49. The summed E-state index contributed by atoms with van der Waals surface area (Å²) in [5.74, 6) is 1.19. The molecule has 1 atom stereocenters. The van der Waals surface area contributed by atoms with Crippen molar-refractivity contribution in [2.24, 2.45) is 11.8 Å². The fraction of sp³-hybridized carbons (Fsp3) is 0.632. The van der Waals surface area contributed by atoms with E-state index in [1.54, 1.807) is 0 Å². The predicted molar refractivity (Wildman–Crippen MR) is 86.1 cm³/mol. The average Bonchev–Trinajstić information content (AvgIpc) is 2.53. The van der Waals surface area contributed by atoms with E-state index < -0.39 is 0 Å². The number of carbonyl (C=O) groups is 1. The summed E-state index contributed by atoms with van der Waals surface area (Å²) in [5.41, 5.74) is 1.38. The van der Waals surface area contributed by atoms with Gasteiger partial charge in [0.1, 0.15) is 0 Å². The zero-order valence-electron chi connectivity index (χ0n) is 13.2. The van der Waals surface area contributed by atoms with Gasteiger partial charge in [-0.1, -0.05) is 62.4 Å². The molecule has 1 aromatic rings. The van der Waals surface area contributed by atoms with Crippen molar-refractivity contribution in [3.05, 3.63) is 35.9 Å². The molecule has 116 valence electrons. The lowest BCUT2D eigenvalue weighted by molar-refractivity contribution is -0.144. The molecule has 0 spiro atoms. The van der Waals surface area contributed by atoms with Crippen molar-refractivity contribution in [3.8, 4) is 0 Å². The Hall–Kier alpha value is -1.31. The van der Waals surface area contributed by atoms with Crippen LogP contribution in [-0.2, 0) is 16.0 Å². The van der Waals surface area contributed by atoms with Crippen LogP contribution < -0.4 is 0 Å². The molecule has 2 nitrogen and oxygen atoms in total. The highest BCUT2D eigenvalue weighted by Crippen LogP contribution is 2.34. The summed E-state index contributed by atoms with van der Waals surface area (Å²) >= 11 is 0. The second-order valence-corrected chi connectivity index (χ2v) is 6.19. The lowest BCUT2D eigenvalue weighted by atomic mass is 9.76. The summed E-state index contributed by atoms with van der Waals surface area (Å²) < 4.78 is 5.18. The molecule has 0 amide bonds. The summed E-state index contributed by atoms with van der Waals surface area (Å²) in [7, 11) is 0. The van der Waals surface area contributed by atoms with Crippen LogP contribution in [0.25, 0.3) is 0 Å². The van der Waals surface area contributed by atoms with Gasteiger partial charge in [0, 0.05) is 6.42 Å². The number of esters is 1. The third-order valence-electron chi connectivity index (χ3n) is 4.70. The molecule has 2 heteroatoms. The molecule has 0 heterocycles. The van der Waals surface area contributed by atoms with E-state index >= 15 is 0 Å². The van der Waals surface area contributed by atoms with Crippen LogP contribution >= 0.6 is 0 Å². The molecule has 0 aliphatic heterocycles. The van der Waals surface area contributed by atoms with Crippen molar-refractivity contribution in [2.75, 3.05) is 6.61 Å². The van der Waals surface area contributed by atoms with Crippen LogP contribution in [0.5, 0.6) is 0 Å². The van der Waals surface area contributed by atoms with E-state index in [2.05, 4.69) is 30.3 Å². The molecule has 21 heavy (non-hydrogen) atoms. The fourth-order valence-corrected chi connectivity index (χ4v) is 3.54. The third kappa shape index (κ3) is 5.53. The Bertz CT molecular complexity index is 407. The number of carbonyl (C=O) groups excluding carboxylic acids is 1. The van der Waals surface area contributed by atoms with Gasteiger partial charge in [0.25, 0.3) is 0 Å². The molecule has 1 fully saturated rings. The minimum atomic E-state index is -0.0128. The zero-order chi connectivity index (χ0) is 14.9. The smallest absolute Gasteiger partial charge is 0.306 e. The van der Waals surface area contributed by atoms with Gasteiger partial charge in [-0.25, -0.2) is 0 Å². The van der Waals surface area contributed by atoms with Crippen molar-refractivity contribution in [2.45, 2.75) is 58.3 Å². The molecular weight excluding hydrogens is 260 g/mol. The van der Waals surface area contributed by atoms with Crippen LogP contribution in [0.1, 0.15) is 57.4 Å². The minimum Gasteiger partial charge on any atom is -0.466 e. The fourth-order valence-electron chi connectivity index (χ4n) is 3.54. The van der Waals surface area contributed by atoms with E-state index in [4.69, 9.17) is 4.74 Å². The van der Waals surface area contributed by atoms with Gasteiger partial charge in [0.15, 0.2) is 0 Å². The van der Waals surface area contributed by atoms with Crippen molar-refractivity contribution in [3.63, 3.8) is 0 Å². The number of ether oxygens (including phenoxy) is 1. The van der Waals surface area contributed by atoms with Gasteiger partial charge < -0.3 is 4.74 Å². The summed E-state index contributed by atoms with van der Waals surface area (Å²) in [6.45, 7) is 2.38. The molecule has 1 aromatic carbocycles. The number of benzene rings is 1. The molecule has 1 aliphatic rings. The van der Waals surface area contributed by atoms with Gasteiger partial charge in [0.2, 0.25) is 0 Å². The first kappa shape index (κ1) is 16.1. The Kier molecular flexibility index (Phi) is 6.78. The van der Waals surface area contributed by atoms with Gasteiger partial charge in [-0.2, -0.15) is 0 Å². The third-order valence-corrected chi connectivity index (χ3v) is 4.70. The lowest BCUT2D eigenvalue weighted by Gasteiger charge is -2.30. The molecule has 0 radical (unpaired) electrons. The largest absolute Gasteiger partial charge is 0.466 e. The summed E-state index contributed by atoms with van der Waals surface area (Å²) in [6.07, 6.45) is 9.38. The van der Waals surface area contributed by atoms with Crippen LogP contribution in [0.2, 0.25) is 0 Å². The van der Waals surface area contributed by atoms with Crippen molar-refractivity contribution >= 4 is 5.97 Å². The maximum atomic E-state index is 11.9. The number of aryl methyl sites for hydroxylation is 1. The van der Waals surface area contributed by atoms with E-state index in [0.717, 1.165) is 12.8 Å². The van der Waals surface area contributed by atoms with Crippen molar-refractivity contribution in [1.82, 2.24) is 0 Å². The summed E-state index contributed by atoms with van der Waals surface area (Å²) in [6, 6.07) is 10.6. The SMILES string of the molecule is CCOC(=O)CC(CCc1ccccc1)C1CCCCC1. The van der Waals surface area contributed by atoms with E-state index in [0.29, 0.717) is 24.9 Å². The Labute approximate surface area is 128 Å². The quantitative estimate of drug-likeness (QED) is 0.676. The molecule has 0 aromatic heterocycles. The van der Waals surface area contributed by atoms with E-state index in [-0.39, 0.29) is 5.97 Å². The molecule has 0 bridgehead atoms. The Morgan fingerprint density at radius 1 is 1.19 bits per heavy atom. The lowest BCUT2D eigenvalue weighted by Crippen LogP contribution is -2.22. The first-order valence-corrected chi connectivity index (χ1v) is 8.49. The Balaban J connectivity index is 1.92. The highest BCUT2D eigenvalue weighted by molar-refractivity contribution is 5.69. The molecule has 1 aliphatic carbocycles. The monoisotopic (exact) mass is 288 g/mol. The van der Waals surface area contributed by atoms with Gasteiger partial charge in [-0.05, 0) is 37.2 Å². The molecule has 1 unspecified atom stereocenters. The maximum absolute atomic E-state index is 11.9. The number of hydrogen-bond donors (Lipinski definition) is 0. The molecule has 2 rings (SSSR count). The highest BCUT2D eigenvalue weighted by Gasteiger charge is 2.26. The maximum Gasteiger partial charge on any atom is 0.306 e. The van der Waals surface area contributed by atoms with Crippen LogP contribution in [-0.4, -0.2) is 12.6 Å². The van der Waals surface area contributed by atoms with Gasteiger partial charge in [0.05, 0.1) is 6.61 Å². The van der Waals surface area contributed by atoms with E-state index in [1.165, 1.54) is 37.7 Å². The summed E-state index contributed by atoms with van der Waals surface area (Å²) in [5, 5.41) is 0. The van der Waals surface area contributed by atoms with Crippen molar-refractivity contribution in [1.29, 1.82) is 0 Å². The van der Waals surface area contributed by atoms with Gasteiger partial charge in [-0.3, -0.25) is 4.79 Å². The Morgan fingerprint density at radius 2 is 1.90 bits per heavy atom. The number of rotatable bonds is 7. The summed E-state index contributed by atoms with van der Waals surface area (Å²) in [4.78, 5) is 11.9. The van der Waals surface area contributed by atoms with Crippen molar-refractivity contribution < 1.29 is 9.53 Å².